The third-order valence-electron chi connectivity index (χ3n) is 4.82. The van der Waals surface area contributed by atoms with Gasteiger partial charge in [0.1, 0.15) is 0 Å². The van der Waals surface area contributed by atoms with E-state index in [1.54, 1.807) is 0 Å². The van der Waals surface area contributed by atoms with Crippen LogP contribution in [0.5, 0.6) is 0 Å². The van der Waals surface area contributed by atoms with Crippen molar-refractivity contribution >= 4 is 5.91 Å². The number of hydrogen-bond donors (Lipinski definition) is 1. The lowest BCUT2D eigenvalue weighted by Gasteiger charge is -2.29. The number of nitrogens with zero attached hydrogens (tertiary/aromatic N) is 2. The second-order valence-corrected chi connectivity index (χ2v) is 6.56. The number of carbonyl (C=O) groups is 1. The van der Waals surface area contributed by atoms with Gasteiger partial charge >= 0.3 is 0 Å². The van der Waals surface area contributed by atoms with Gasteiger partial charge in [-0.05, 0) is 64.0 Å². The Morgan fingerprint density at radius 1 is 1.35 bits per heavy atom. The maximum absolute atomic E-state index is 12.7. The summed E-state index contributed by atoms with van der Waals surface area (Å²) in [6, 6.07) is 0.500. The summed E-state index contributed by atoms with van der Waals surface area (Å²) in [6.45, 7) is 3.37. The molecule has 0 aromatic carbocycles. The molecule has 1 amide bonds. The lowest BCUT2D eigenvalue weighted by atomic mass is 10.0. The van der Waals surface area contributed by atoms with Crippen molar-refractivity contribution < 1.29 is 4.79 Å². The number of nitrogens with two attached hydrogens (primary N) is 1. The van der Waals surface area contributed by atoms with E-state index in [-0.39, 0.29) is 0 Å². The molecule has 1 saturated carbocycles. The average Bonchev–Trinajstić information content (AvgIpc) is 3.19. The monoisotopic (exact) mass is 277 g/mol. The number of allylic oxidation sites excluding steroid dienone is 2. The van der Waals surface area contributed by atoms with Crippen LogP contribution in [0.4, 0.5) is 0 Å². The van der Waals surface area contributed by atoms with E-state index in [0.717, 1.165) is 38.9 Å². The molecule has 20 heavy (non-hydrogen) atoms. The van der Waals surface area contributed by atoms with Crippen molar-refractivity contribution in [1.29, 1.82) is 0 Å². The van der Waals surface area contributed by atoms with Crippen LogP contribution in [0, 0.1) is 5.92 Å². The van der Waals surface area contributed by atoms with Crippen LogP contribution in [0.15, 0.2) is 11.8 Å². The zero-order valence-electron chi connectivity index (χ0n) is 12.4. The Balaban J connectivity index is 1.60. The fourth-order valence-corrected chi connectivity index (χ4v) is 3.49. The van der Waals surface area contributed by atoms with Crippen molar-refractivity contribution in [3.63, 3.8) is 0 Å². The minimum absolute atomic E-state index is 0.318. The van der Waals surface area contributed by atoms with Crippen molar-refractivity contribution in [2.24, 2.45) is 11.7 Å². The van der Waals surface area contributed by atoms with Crippen molar-refractivity contribution in [3.05, 3.63) is 11.8 Å². The first-order chi connectivity index (χ1) is 9.78. The summed E-state index contributed by atoms with van der Waals surface area (Å²) in [5, 5.41) is 0. The van der Waals surface area contributed by atoms with E-state index in [1.807, 2.05) is 0 Å². The normalized spacial score (nSPS) is 27.4. The summed E-state index contributed by atoms with van der Waals surface area (Å²) in [7, 11) is 0. The van der Waals surface area contributed by atoms with Gasteiger partial charge in [-0.15, -0.1) is 0 Å². The average molecular weight is 277 g/mol. The predicted molar refractivity (Wildman–Crippen MR) is 80.0 cm³/mol. The van der Waals surface area contributed by atoms with Gasteiger partial charge in [0.2, 0.25) is 5.91 Å². The molecule has 0 spiro atoms. The number of rotatable bonds is 5. The molecule has 1 aliphatic heterocycles. The summed E-state index contributed by atoms with van der Waals surface area (Å²) in [4.78, 5) is 17.1. The lowest BCUT2D eigenvalue weighted by Crippen LogP contribution is -2.40. The van der Waals surface area contributed by atoms with E-state index < -0.39 is 0 Å². The first kappa shape index (κ1) is 14.1. The van der Waals surface area contributed by atoms with Gasteiger partial charge in [-0.1, -0.05) is 6.08 Å². The van der Waals surface area contributed by atoms with Gasteiger partial charge in [-0.2, -0.15) is 0 Å². The van der Waals surface area contributed by atoms with Crippen molar-refractivity contribution in [1.82, 2.24) is 9.80 Å². The van der Waals surface area contributed by atoms with Gasteiger partial charge in [0.25, 0.3) is 0 Å². The number of amides is 1. The van der Waals surface area contributed by atoms with E-state index >= 15 is 0 Å². The molecule has 2 fully saturated rings. The third kappa shape index (κ3) is 3.23. The predicted octanol–water partition coefficient (Wildman–Crippen LogP) is 1.72. The van der Waals surface area contributed by atoms with Crippen LogP contribution in [0.3, 0.4) is 0 Å². The van der Waals surface area contributed by atoms with Crippen LogP contribution in [-0.4, -0.2) is 47.9 Å². The third-order valence-corrected chi connectivity index (χ3v) is 4.82. The standard InChI is InChI=1S/C16H27N3O/c17-10-13-8-9-18(11-13)12-16(20)19(15-6-7-15)14-4-2-1-3-5-14/h4,13,15H,1-3,5-12,17H2. The number of hydrogen-bond acceptors (Lipinski definition) is 3. The molecule has 1 saturated heterocycles. The Morgan fingerprint density at radius 2 is 2.20 bits per heavy atom. The Hall–Kier alpha value is -0.870. The number of carbonyl (C=O) groups excluding carboxylic acids is 1. The molecule has 2 aliphatic carbocycles. The number of likely N-dealkylation sites (tertiary alicyclic amines) is 1. The van der Waals surface area contributed by atoms with Crippen LogP contribution in [-0.2, 0) is 4.79 Å². The zero-order valence-corrected chi connectivity index (χ0v) is 12.4. The Bertz CT molecular complexity index is 389. The summed E-state index contributed by atoms with van der Waals surface area (Å²) in [6.07, 6.45) is 10.6. The maximum Gasteiger partial charge on any atom is 0.241 e. The molecule has 0 aromatic heterocycles. The molecule has 4 heteroatoms. The maximum atomic E-state index is 12.7. The van der Waals surface area contributed by atoms with E-state index in [9.17, 15) is 4.79 Å². The molecule has 3 rings (SSSR count). The Morgan fingerprint density at radius 3 is 2.80 bits per heavy atom. The molecule has 3 aliphatic rings. The van der Waals surface area contributed by atoms with Gasteiger partial charge < -0.3 is 10.6 Å². The molecule has 0 bridgehead atoms. The lowest BCUT2D eigenvalue weighted by molar-refractivity contribution is -0.131. The second-order valence-electron chi connectivity index (χ2n) is 6.56. The van der Waals surface area contributed by atoms with Crippen molar-refractivity contribution in [2.75, 3.05) is 26.2 Å². The highest BCUT2D eigenvalue weighted by Gasteiger charge is 2.36. The largest absolute Gasteiger partial charge is 0.330 e. The Labute approximate surface area is 122 Å². The molecule has 1 atom stereocenters. The topological polar surface area (TPSA) is 49.6 Å². The molecule has 112 valence electrons. The fourth-order valence-electron chi connectivity index (χ4n) is 3.49. The van der Waals surface area contributed by atoms with Crippen molar-refractivity contribution in [3.8, 4) is 0 Å². The van der Waals surface area contributed by atoms with Crippen LogP contribution >= 0.6 is 0 Å². The minimum atomic E-state index is 0.318. The summed E-state index contributed by atoms with van der Waals surface area (Å²) in [5.74, 6) is 0.907. The van der Waals surface area contributed by atoms with Crippen molar-refractivity contribution in [2.45, 2.75) is 51.0 Å². The smallest absolute Gasteiger partial charge is 0.241 e. The first-order valence-electron chi connectivity index (χ1n) is 8.21. The van der Waals surface area contributed by atoms with Gasteiger partial charge in [-0.25, -0.2) is 0 Å². The minimum Gasteiger partial charge on any atom is -0.330 e. The molecule has 1 unspecified atom stereocenters. The summed E-state index contributed by atoms with van der Waals surface area (Å²) in [5.41, 5.74) is 7.03. The van der Waals surface area contributed by atoms with E-state index in [1.165, 1.54) is 31.4 Å². The zero-order chi connectivity index (χ0) is 13.9. The van der Waals surface area contributed by atoms with Gasteiger partial charge in [-0.3, -0.25) is 9.69 Å². The Kier molecular flexibility index (Phi) is 4.41. The fraction of sp³-hybridized carbons (Fsp3) is 0.812. The van der Waals surface area contributed by atoms with E-state index in [0.29, 0.717) is 24.4 Å². The first-order valence-corrected chi connectivity index (χ1v) is 8.21. The molecule has 0 aromatic rings. The molecule has 0 radical (unpaired) electrons. The van der Waals surface area contributed by atoms with Crippen LogP contribution in [0.1, 0.15) is 44.9 Å². The van der Waals surface area contributed by atoms with Gasteiger partial charge in [0.15, 0.2) is 0 Å². The molecule has 4 nitrogen and oxygen atoms in total. The molecular formula is C16H27N3O. The van der Waals surface area contributed by atoms with Gasteiger partial charge in [0, 0.05) is 18.3 Å². The second kappa shape index (κ2) is 6.27. The highest BCUT2D eigenvalue weighted by molar-refractivity contribution is 5.80. The highest BCUT2D eigenvalue weighted by atomic mass is 16.2. The quantitative estimate of drug-likeness (QED) is 0.832. The van der Waals surface area contributed by atoms with E-state index in [4.69, 9.17) is 5.73 Å². The van der Waals surface area contributed by atoms with Crippen LogP contribution < -0.4 is 5.73 Å². The van der Waals surface area contributed by atoms with Crippen LogP contribution in [0.25, 0.3) is 0 Å². The molecule has 2 N–H and O–H groups in total. The SMILES string of the molecule is NCC1CCN(CC(=O)N(C2=CCCCC2)C2CC2)C1. The van der Waals surface area contributed by atoms with E-state index in [2.05, 4.69) is 15.9 Å². The van der Waals surface area contributed by atoms with Gasteiger partial charge in [0.05, 0.1) is 6.54 Å². The van der Waals surface area contributed by atoms with Crippen LogP contribution in [0.2, 0.25) is 0 Å². The highest BCUT2D eigenvalue weighted by Crippen LogP contribution is 2.34. The summed E-state index contributed by atoms with van der Waals surface area (Å²) < 4.78 is 0. The molecule has 1 heterocycles. The summed E-state index contributed by atoms with van der Waals surface area (Å²) >= 11 is 0. The molecular weight excluding hydrogens is 250 g/mol.